The summed E-state index contributed by atoms with van der Waals surface area (Å²) in [6.07, 6.45) is 6.65. The van der Waals surface area contributed by atoms with Crippen LogP contribution in [0, 0.1) is 5.92 Å². The van der Waals surface area contributed by atoms with Crippen LogP contribution in [0.2, 0.25) is 0 Å². The molecule has 2 aromatic heterocycles. The second kappa shape index (κ2) is 7.25. The number of hydrogen-bond acceptors (Lipinski definition) is 4. The molecule has 0 spiro atoms. The second-order valence-corrected chi connectivity index (χ2v) is 5.93. The van der Waals surface area contributed by atoms with Crippen molar-refractivity contribution in [1.29, 1.82) is 0 Å². The summed E-state index contributed by atoms with van der Waals surface area (Å²) in [5, 5.41) is 7.18. The molecule has 1 aliphatic heterocycles. The summed E-state index contributed by atoms with van der Waals surface area (Å²) in [5.41, 5.74) is 0.913. The van der Waals surface area contributed by atoms with Crippen molar-refractivity contribution in [3.63, 3.8) is 0 Å². The third-order valence-electron chi connectivity index (χ3n) is 4.35. The summed E-state index contributed by atoms with van der Waals surface area (Å²) < 4.78 is 1.69. The molecular formula is C17H21N5O2. The molecule has 7 heteroatoms. The fourth-order valence-corrected chi connectivity index (χ4v) is 2.95. The summed E-state index contributed by atoms with van der Waals surface area (Å²) in [6.45, 7) is 3.28. The van der Waals surface area contributed by atoms with Crippen LogP contribution in [0.4, 0.5) is 0 Å². The highest BCUT2D eigenvalue weighted by Gasteiger charge is 2.25. The Morgan fingerprint density at radius 2 is 2.04 bits per heavy atom. The molecule has 24 heavy (non-hydrogen) atoms. The van der Waals surface area contributed by atoms with Gasteiger partial charge >= 0.3 is 0 Å². The number of amides is 2. The van der Waals surface area contributed by atoms with Crippen molar-refractivity contribution < 1.29 is 9.59 Å². The smallest absolute Gasteiger partial charge is 0.223 e. The van der Waals surface area contributed by atoms with Gasteiger partial charge in [-0.15, -0.1) is 0 Å². The Hall–Kier alpha value is -2.70. The van der Waals surface area contributed by atoms with Crippen LogP contribution < -0.4 is 5.32 Å². The molecule has 2 aromatic rings. The molecule has 0 saturated carbocycles. The molecule has 1 fully saturated rings. The van der Waals surface area contributed by atoms with Crippen molar-refractivity contribution in [2.24, 2.45) is 5.92 Å². The number of carbonyl (C=O) groups is 2. The van der Waals surface area contributed by atoms with Crippen LogP contribution in [-0.4, -0.2) is 44.6 Å². The molecule has 2 amide bonds. The van der Waals surface area contributed by atoms with Gasteiger partial charge in [-0.3, -0.25) is 9.59 Å². The monoisotopic (exact) mass is 327 g/mol. The first-order chi connectivity index (χ1) is 11.6. The second-order valence-electron chi connectivity index (χ2n) is 5.93. The molecule has 1 aliphatic rings. The van der Waals surface area contributed by atoms with Gasteiger partial charge in [0.1, 0.15) is 0 Å². The number of pyridine rings is 1. The molecule has 0 radical (unpaired) electrons. The average Bonchev–Trinajstić information content (AvgIpc) is 3.14. The highest BCUT2D eigenvalue weighted by atomic mass is 16.2. The molecule has 3 rings (SSSR count). The largest absolute Gasteiger partial charge is 0.352 e. The first-order valence-corrected chi connectivity index (χ1v) is 8.12. The van der Waals surface area contributed by atoms with E-state index in [4.69, 9.17) is 0 Å². The van der Waals surface area contributed by atoms with E-state index in [-0.39, 0.29) is 17.7 Å². The Morgan fingerprint density at radius 1 is 1.25 bits per heavy atom. The van der Waals surface area contributed by atoms with E-state index in [0.717, 1.165) is 5.56 Å². The summed E-state index contributed by atoms with van der Waals surface area (Å²) >= 11 is 0. The lowest BCUT2D eigenvalue weighted by Crippen LogP contribution is -2.42. The van der Waals surface area contributed by atoms with Gasteiger partial charge < -0.3 is 10.2 Å². The average molecular weight is 327 g/mol. The Kier molecular flexibility index (Phi) is 4.88. The molecule has 0 aromatic carbocycles. The summed E-state index contributed by atoms with van der Waals surface area (Å²) in [5.74, 6) is 0.793. The van der Waals surface area contributed by atoms with Crippen molar-refractivity contribution in [3.8, 4) is 5.82 Å². The molecule has 1 saturated heterocycles. The number of nitrogens with zero attached hydrogens (tertiary/aromatic N) is 4. The number of aromatic nitrogens is 3. The summed E-state index contributed by atoms with van der Waals surface area (Å²) in [6, 6.07) is 5.61. The minimum absolute atomic E-state index is 0.0356. The van der Waals surface area contributed by atoms with Crippen LogP contribution in [0.1, 0.15) is 25.3 Å². The molecule has 126 valence electrons. The Bertz CT molecular complexity index is 706. The fraction of sp³-hybridized carbons (Fsp3) is 0.412. The van der Waals surface area contributed by atoms with Crippen LogP contribution in [0.15, 0.2) is 36.8 Å². The highest BCUT2D eigenvalue weighted by Crippen LogP contribution is 2.18. The van der Waals surface area contributed by atoms with Gasteiger partial charge in [-0.25, -0.2) is 9.67 Å². The Labute approximate surface area is 140 Å². The summed E-state index contributed by atoms with van der Waals surface area (Å²) in [4.78, 5) is 29.9. The number of hydrogen-bond donors (Lipinski definition) is 1. The van der Waals surface area contributed by atoms with Crippen LogP contribution >= 0.6 is 0 Å². The van der Waals surface area contributed by atoms with Gasteiger partial charge in [0.2, 0.25) is 11.8 Å². The van der Waals surface area contributed by atoms with Gasteiger partial charge in [-0.2, -0.15) is 5.10 Å². The van der Waals surface area contributed by atoms with E-state index in [1.165, 1.54) is 0 Å². The van der Waals surface area contributed by atoms with Crippen LogP contribution in [0.5, 0.6) is 0 Å². The molecule has 0 bridgehead atoms. The number of nitrogens with one attached hydrogen (secondary N) is 1. The SMILES string of the molecule is CC(=O)N1CCC(C(=O)NCc2cccnc2-n2cccn2)CC1. The molecule has 3 heterocycles. The van der Waals surface area contributed by atoms with E-state index < -0.39 is 0 Å². The molecule has 1 N–H and O–H groups in total. The van der Waals surface area contributed by atoms with Gasteiger partial charge in [0.25, 0.3) is 0 Å². The molecular weight excluding hydrogens is 306 g/mol. The van der Waals surface area contributed by atoms with Crippen LogP contribution in [-0.2, 0) is 16.1 Å². The molecule has 0 unspecified atom stereocenters. The van der Waals surface area contributed by atoms with E-state index in [0.29, 0.717) is 38.3 Å². The lowest BCUT2D eigenvalue weighted by molar-refractivity contribution is -0.134. The molecule has 0 aliphatic carbocycles. The number of rotatable bonds is 4. The first-order valence-electron chi connectivity index (χ1n) is 8.12. The van der Waals surface area contributed by atoms with Gasteiger partial charge in [-0.1, -0.05) is 6.07 Å². The summed E-state index contributed by atoms with van der Waals surface area (Å²) in [7, 11) is 0. The van der Waals surface area contributed by atoms with E-state index in [9.17, 15) is 9.59 Å². The first kappa shape index (κ1) is 16.2. The van der Waals surface area contributed by atoms with E-state index in [1.807, 2.05) is 24.4 Å². The standard InChI is InChI=1S/C17H21N5O2/c1-13(23)21-10-5-14(6-11-21)17(24)19-12-15-4-2-7-18-16(15)22-9-3-8-20-22/h2-4,7-9,14H,5-6,10-12H2,1H3,(H,19,24). The number of likely N-dealkylation sites (tertiary alicyclic amines) is 1. The minimum atomic E-state index is -0.0366. The quantitative estimate of drug-likeness (QED) is 0.913. The predicted molar refractivity (Wildman–Crippen MR) is 88.2 cm³/mol. The third-order valence-corrected chi connectivity index (χ3v) is 4.35. The van der Waals surface area contributed by atoms with Gasteiger partial charge in [-0.05, 0) is 25.0 Å². The number of carbonyl (C=O) groups excluding carboxylic acids is 2. The van der Waals surface area contributed by atoms with E-state index >= 15 is 0 Å². The normalized spacial score (nSPS) is 15.3. The van der Waals surface area contributed by atoms with Crippen LogP contribution in [0.25, 0.3) is 5.82 Å². The minimum Gasteiger partial charge on any atom is -0.352 e. The van der Waals surface area contributed by atoms with Crippen molar-refractivity contribution in [2.75, 3.05) is 13.1 Å². The van der Waals surface area contributed by atoms with Gasteiger partial charge in [0.05, 0.1) is 0 Å². The van der Waals surface area contributed by atoms with E-state index in [1.54, 1.807) is 28.9 Å². The lowest BCUT2D eigenvalue weighted by atomic mass is 9.96. The molecule has 7 nitrogen and oxygen atoms in total. The van der Waals surface area contributed by atoms with Gasteiger partial charge in [0, 0.05) is 56.6 Å². The zero-order valence-electron chi connectivity index (χ0n) is 13.7. The fourth-order valence-electron chi connectivity index (χ4n) is 2.95. The van der Waals surface area contributed by atoms with Crippen molar-refractivity contribution in [2.45, 2.75) is 26.3 Å². The van der Waals surface area contributed by atoms with Crippen molar-refractivity contribution in [3.05, 3.63) is 42.4 Å². The topological polar surface area (TPSA) is 80.1 Å². The Balaban J connectivity index is 1.59. The Morgan fingerprint density at radius 3 is 2.71 bits per heavy atom. The van der Waals surface area contributed by atoms with Crippen LogP contribution in [0.3, 0.4) is 0 Å². The number of piperidine rings is 1. The predicted octanol–water partition coefficient (Wildman–Crippen LogP) is 1.14. The lowest BCUT2D eigenvalue weighted by Gasteiger charge is -2.30. The van der Waals surface area contributed by atoms with Crippen molar-refractivity contribution >= 4 is 11.8 Å². The maximum absolute atomic E-state index is 12.4. The highest BCUT2D eigenvalue weighted by molar-refractivity contribution is 5.79. The zero-order chi connectivity index (χ0) is 16.9. The van der Waals surface area contributed by atoms with Crippen molar-refractivity contribution in [1.82, 2.24) is 25.0 Å². The third kappa shape index (κ3) is 3.61. The van der Waals surface area contributed by atoms with Gasteiger partial charge in [0.15, 0.2) is 5.82 Å². The molecule has 0 atom stereocenters. The maximum Gasteiger partial charge on any atom is 0.223 e. The van der Waals surface area contributed by atoms with E-state index in [2.05, 4.69) is 15.4 Å². The zero-order valence-corrected chi connectivity index (χ0v) is 13.7. The maximum atomic E-state index is 12.4.